The van der Waals surface area contributed by atoms with Crippen LogP contribution < -0.4 is 0 Å². The van der Waals surface area contributed by atoms with E-state index in [0.29, 0.717) is 10.7 Å². The van der Waals surface area contributed by atoms with Crippen LogP contribution in [0.4, 0.5) is 0 Å². The molecule has 2 aromatic rings. The second-order valence-electron chi connectivity index (χ2n) is 5.81. The molecule has 1 atom stereocenters. The van der Waals surface area contributed by atoms with E-state index >= 15 is 0 Å². The van der Waals surface area contributed by atoms with Gasteiger partial charge in [-0.3, -0.25) is 4.79 Å². The van der Waals surface area contributed by atoms with Crippen molar-refractivity contribution in [3.63, 3.8) is 0 Å². The zero-order valence-electron chi connectivity index (χ0n) is 12.9. The molecule has 116 valence electrons. The van der Waals surface area contributed by atoms with Crippen LogP contribution in [-0.2, 0) is 13.0 Å². The van der Waals surface area contributed by atoms with Gasteiger partial charge in [0.15, 0.2) is 0 Å². The molecule has 1 aromatic carbocycles. The van der Waals surface area contributed by atoms with E-state index in [0.717, 1.165) is 37.2 Å². The number of hydrogen-bond donors (Lipinski definition) is 0. The largest absolute Gasteiger partial charge is 0.334 e. The molecular weight excluding hydrogens is 298 g/mol. The smallest absolute Gasteiger partial charge is 0.274 e. The van der Waals surface area contributed by atoms with E-state index in [1.807, 2.05) is 37.4 Å². The van der Waals surface area contributed by atoms with Crippen LogP contribution in [0.1, 0.15) is 47.7 Å². The lowest BCUT2D eigenvalue weighted by molar-refractivity contribution is 0.0737. The van der Waals surface area contributed by atoms with Gasteiger partial charge in [-0.15, -0.1) is 0 Å². The molecule has 5 heteroatoms. The molecule has 2 heterocycles. The molecule has 0 fully saturated rings. The van der Waals surface area contributed by atoms with Crippen molar-refractivity contribution in [3.05, 3.63) is 52.6 Å². The Morgan fingerprint density at radius 3 is 2.86 bits per heavy atom. The molecule has 1 aromatic heterocycles. The number of carbonyl (C=O) groups excluding carboxylic acids is 1. The van der Waals surface area contributed by atoms with Gasteiger partial charge in [-0.1, -0.05) is 29.8 Å². The maximum absolute atomic E-state index is 12.7. The quantitative estimate of drug-likeness (QED) is 0.865. The summed E-state index contributed by atoms with van der Waals surface area (Å²) in [6, 6.07) is 7.53. The maximum Gasteiger partial charge on any atom is 0.274 e. The number of benzene rings is 1. The first-order chi connectivity index (χ1) is 10.6. The summed E-state index contributed by atoms with van der Waals surface area (Å²) in [5.41, 5.74) is 1.47. The number of carbonyl (C=O) groups is 1. The molecular formula is C17H20ClN3O. The summed E-state index contributed by atoms with van der Waals surface area (Å²) < 4.78 is 2.10. The molecule has 22 heavy (non-hydrogen) atoms. The highest BCUT2D eigenvalue weighted by Gasteiger charge is 2.24. The number of halogens is 1. The molecule has 1 aliphatic rings. The lowest BCUT2D eigenvalue weighted by Crippen LogP contribution is -2.30. The normalized spacial score (nSPS) is 15.2. The van der Waals surface area contributed by atoms with Gasteiger partial charge in [-0.05, 0) is 31.4 Å². The average molecular weight is 318 g/mol. The van der Waals surface area contributed by atoms with Crippen LogP contribution >= 0.6 is 11.6 Å². The van der Waals surface area contributed by atoms with Crippen molar-refractivity contribution in [1.82, 2.24) is 14.5 Å². The van der Waals surface area contributed by atoms with Crippen LogP contribution in [0.15, 0.2) is 30.5 Å². The molecule has 3 rings (SSSR count). The minimum atomic E-state index is -0.0973. The second-order valence-corrected chi connectivity index (χ2v) is 6.21. The second kappa shape index (κ2) is 6.13. The summed E-state index contributed by atoms with van der Waals surface area (Å²) in [6.45, 7) is 2.94. The Kier molecular flexibility index (Phi) is 4.21. The van der Waals surface area contributed by atoms with Crippen LogP contribution in [0.2, 0.25) is 5.02 Å². The van der Waals surface area contributed by atoms with Crippen molar-refractivity contribution in [3.8, 4) is 0 Å². The first-order valence-electron chi connectivity index (χ1n) is 7.65. The molecule has 0 aliphatic carbocycles. The summed E-state index contributed by atoms with van der Waals surface area (Å²) in [7, 11) is 1.80. The summed E-state index contributed by atoms with van der Waals surface area (Å²) in [6.07, 6.45) is 5.14. The van der Waals surface area contributed by atoms with Crippen LogP contribution in [0, 0.1) is 0 Å². The Morgan fingerprint density at radius 2 is 2.14 bits per heavy atom. The van der Waals surface area contributed by atoms with Crippen molar-refractivity contribution in [2.45, 2.75) is 38.8 Å². The monoisotopic (exact) mass is 317 g/mol. The third-order valence-corrected chi connectivity index (χ3v) is 4.73. The van der Waals surface area contributed by atoms with Gasteiger partial charge in [0, 0.05) is 31.2 Å². The van der Waals surface area contributed by atoms with Crippen LogP contribution in [-0.4, -0.2) is 27.4 Å². The molecule has 0 bridgehead atoms. The molecule has 4 nitrogen and oxygen atoms in total. The zero-order chi connectivity index (χ0) is 15.7. The van der Waals surface area contributed by atoms with Crippen molar-refractivity contribution in [2.24, 2.45) is 0 Å². The third-order valence-electron chi connectivity index (χ3n) is 4.38. The first-order valence-corrected chi connectivity index (χ1v) is 8.03. The fraction of sp³-hybridized carbons (Fsp3) is 0.412. The molecule has 0 unspecified atom stereocenters. The Morgan fingerprint density at radius 1 is 1.36 bits per heavy atom. The molecule has 1 aliphatic heterocycles. The fourth-order valence-corrected chi connectivity index (χ4v) is 3.19. The van der Waals surface area contributed by atoms with Gasteiger partial charge < -0.3 is 9.47 Å². The summed E-state index contributed by atoms with van der Waals surface area (Å²) >= 11 is 6.24. The minimum Gasteiger partial charge on any atom is -0.334 e. The number of hydrogen-bond acceptors (Lipinski definition) is 2. The number of fused-ring (bicyclic) bond motifs is 1. The highest BCUT2D eigenvalue weighted by atomic mass is 35.5. The number of imidazole rings is 1. The lowest BCUT2D eigenvalue weighted by atomic mass is 10.1. The van der Waals surface area contributed by atoms with Crippen LogP contribution in [0.5, 0.6) is 0 Å². The molecule has 0 spiro atoms. The first kappa shape index (κ1) is 15.1. The minimum absolute atomic E-state index is 0.0608. The van der Waals surface area contributed by atoms with Crippen LogP contribution in [0.25, 0.3) is 0 Å². The Labute approximate surface area is 135 Å². The number of amides is 1. The Bertz CT molecular complexity index is 671. The standard InChI is InChI=1S/C17H20ClN3O/c1-12(13-7-3-4-8-14(13)18)20(2)17(22)15-11-21-10-6-5-9-16(21)19-15/h3-4,7-8,11-12H,5-6,9-10H2,1-2H3/t12-/m1/s1. The topological polar surface area (TPSA) is 38.1 Å². The predicted octanol–water partition coefficient (Wildman–Crippen LogP) is 3.71. The van der Waals surface area contributed by atoms with Gasteiger partial charge >= 0.3 is 0 Å². The van der Waals surface area contributed by atoms with Gasteiger partial charge in [0.2, 0.25) is 0 Å². The highest BCUT2D eigenvalue weighted by Crippen LogP contribution is 2.27. The lowest BCUT2D eigenvalue weighted by Gasteiger charge is -2.25. The van der Waals surface area contributed by atoms with E-state index < -0.39 is 0 Å². The van der Waals surface area contributed by atoms with Gasteiger partial charge in [-0.25, -0.2) is 4.98 Å². The van der Waals surface area contributed by atoms with Crippen molar-refractivity contribution >= 4 is 17.5 Å². The van der Waals surface area contributed by atoms with E-state index in [-0.39, 0.29) is 11.9 Å². The molecule has 0 saturated heterocycles. The zero-order valence-corrected chi connectivity index (χ0v) is 13.7. The highest BCUT2D eigenvalue weighted by molar-refractivity contribution is 6.31. The van der Waals surface area contributed by atoms with Gasteiger partial charge in [-0.2, -0.15) is 0 Å². The number of nitrogens with zero attached hydrogens (tertiary/aromatic N) is 3. The van der Waals surface area contributed by atoms with Crippen molar-refractivity contribution < 1.29 is 4.79 Å². The molecule has 0 radical (unpaired) electrons. The van der Waals surface area contributed by atoms with Gasteiger partial charge in [0.05, 0.1) is 6.04 Å². The Hall–Kier alpha value is -1.81. The average Bonchev–Trinajstić information content (AvgIpc) is 2.97. The van der Waals surface area contributed by atoms with E-state index in [1.165, 1.54) is 0 Å². The van der Waals surface area contributed by atoms with Crippen molar-refractivity contribution in [1.29, 1.82) is 0 Å². The van der Waals surface area contributed by atoms with E-state index in [4.69, 9.17) is 11.6 Å². The predicted molar refractivity (Wildman–Crippen MR) is 87.1 cm³/mol. The summed E-state index contributed by atoms with van der Waals surface area (Å²) in [5, 5.41) is 0.679. The maximum atomic E-state index is 12.7. The number of rotatable bonds is 3. The number of aromatic nitrogens is 2. The fourth-order valence-electron chi connectivity index (χ4n) is 2.89. The number of aryl methyl sites for hydroxylation is 2. The third kappa shape index (κ3) is 2.75. The molecule has 0 N–H and O–H groups in total. The van der Waals surface area contributed by atoms with Gasteiger partial charge in [0.1, 0.15) is 11.5 Å². The molecule has 1 amide bonds. The summed E-state index contributed by atoms with van der Waals surface area (Å²) in [5.74, 6) is 0.961. The van der Waals surface area contributed by atoms with E-state index in [9.17, 15) is 4.79 Å². The molecule has 0 saturated carbocycles. The SMILES string of the molecule is C[C@H](c1ccccc1Cl)N(C)C(=O)c1cn2c(n1)CCCC2. The van der Waals surface area contributed by atoms with E-state index in [1.54, 1.807) is 11.9 Å². The van der Waals surface area contributed by atoms with Crippen molar-refractivity contribution in [2.75, 3.05) is 7.05 Å². The Balaban J connectivity index is 1.82. The summed E-state index contributed by atoms with van der Waals surface area (Å²) in [4.78, 5) is 18.9. The van der Waals surface area contributed by atoms with Gasteiger partial charge in [0.25, 0.3) is 5.91 Å². The van der Waals surface area contributed by atoms with E-state index in [2.05, 4.69) is 9.55 Å². The van der Waals surface area contributed by atoms with Crippen LogP contribution in [0.3, 0.4) is 0 Å².